The highest BCUT2D eigenvalue weighted by atomic mass is 16.5. The van der Waals surface area contributed by atoms with Crippen LogP contribution in [-0.4, -0.2) is 25.8 Å². The van der Waals surface area contributed by atoms with Crippen molar-refractivity contribution in [2.45, 2.75) is 45.1 Å². The largest absolute Gasteiger partial charge is 0.351 e. The number of nitrogens with zero attached hydrogens (tertiary/aromatic N) is 4. The van der Waals surface area contributed by atoms with Gasteiger partial charge in [-0.2, -0.15) is 0 Å². The maximum absolute atomic E-state index is 11.9. The molecule has 0 spiro atoms. The highest BCUT2D eigenvalue weighted by Gasteiger charge is 2.18. The van der Waals surface area contributed by atoms with E-state index < -0.39 is 0 Å². The average Bonchev–Trinajstić information content (AvgIpc) is 3.09. The summed E-state index contributed by atoms with van der Waals surface area (Å²) in [7, 11) is 0. The fourth-order valence-corrected chi connectivity index (χ4v) is 2.49. The monoisotopic (exact) mass is 275 g/mol. The van der Waals surface area contributed by atoms with Crippen LogP contribution in [-0.2, 0) is 0 Å². The molecule has 1 aliphatic rings. The molecule has 0 aliphatic heterocycles. The summed E-state index contributed by atoms with van der Waals surface area (Å²) in [6.45, 7) is 1.76. The third-order valence-electron chi connectivity index (χ3n) is 3.53. The van der Waals surface area contributed by atoms with Gasteiger partial charge in [0.2, 0.25) is 11.7 Å². The lowest BCUT2D eigenvalue weighted by atomic mass is 9.96. The number of amides is 1. The molecule has 0 aromatic carbocycles. The lowest BCUT2D eigenvalue weighted by Crippen LogP contribution is -2.15. The Kier molecular flexibility index (Phi) is 3.49. The Morgan fingerprint density at radius 1 is 1.40 bits per heavy atom. The quantitative estimate of drug-likeness (QED) is 0.929. The maximum Gasteiger partial charge on any atom is 0.296 e. The molecule has 2 aromatic rings. The summed E-state index contributed by atoms with van der Waals surface area (Å²) in [5, 5.41) is 10.6. The average molecular weight is 275 g/mol. The van der Waals surface area contributed by atoms with Crippen LogP contribution in [0.25, 0.3) is 0 Å². The summed E-state index contributed by atoms with van der Waals surface area (Å²) >= 11 is 0. The number of carbonyl (C=O) groups excluding carboxylic acids is 1. The van der Waals surface area contributed by atoms with Crippen molar-refractivity contribution in [2.75, 3.05) is 5.32 Å². The maximum atomic E-state index is 11.9. The fourth-order valence-electron chi connectivity index (χ4n) is 2.49. The summed E-state index contributed by atoms with van der Waals surface area (Å²) in [5.74, 6) is 0.0816. The van der Waals surface area contributed by atoms with Gasteiger partial charge < -0.3 is 4.52 Å². The molecule has 0 radical (unpaired) electrons. The van der Waals surface area contributed by atoms with Gasteiger partial charge in [-0.1, -0.05) is 24.4 Å². The molecule has 2 heterocycles. The summed E-state index contributed by atoms with van der Waals surface area (Å²) in [6.07, 6.45) is 7.67. The molecule has 0 atom stereocenters. The van der Waals surface area contributed by atoms with Gasteiger partial charge in [0.25, 0.3) is 5.91 Å². The van der Waals surface area contributed by atoms with Crippen molar-refractivity contribution >= 4 is 11.9 Å². The van der Waals surface area contributed by atoms with Crippen molar-refractivity contribution in [1.82, 2.24) is 19.9 Å². The summed E-state index contributed by atoms with van der Waals surface area (Å²) in [4.78, 5) is 16.0. The van der Waals surface area contributed by atoms with Crippen molar-refractivity contribution < 1.29 is 9.32 Å². The second-order valence-corrected chi connectivity index (χ2v) is 5.13. The van der Waals surface area contributed by atoms with E-state index in [1.807, 2.05) is 4.68 Å². The minimum Gasteiger partial charge on any atom is -0.351 e. The van der Waals surface area contributed by atoms with E-state index >= 15 is 0 Å². The van der Waals surface area contributed by atoms with E-state index in [1.165, 1.54) is 19.3 Å². The first kappa shape index (κ1) is 12.8. The molecular formula is C13H17N5O2. The minimum absolute atomic E-state index is 0.163. The van der Waals surface area contributed by atoms with Gasteiger partial charge in [-0.25, -0.2) is 9.67 Å². The van der Waals surface area contributed by atoms with E-state index in [4.69, 9.17) is 4.52 Å². The van der Waals surface area contributed by atoms with E-state index in [1.54, 1.807) is 19.3 Å². The number of anilines is 1. The zero-order valence-corrected chi connectivity index (χ0v) is 11.4. The fraction of sp³-hybridized carbons (Fsp3) is 0.538. The summed E-state index contributed by atoms with van der Waals surface area (Å²) < 4.78 is 6.74. The molecule has 1 N–H and O–H groups in total. The SMILES string of the molecule is Cc1cc(C(=O)Nc2ncn(C3CCCCC3)n2)on1. The summed E-state index contributed by atoms with van der Waals surface area (Å²) in [5.41, 5.74) is 0.663. The molecule has 1 aliphatic carbocycles. The van der Waals surface area contributed by atoms with Crippen LogP contribution in [0.15, 0.2) is 16.9 Å². The molecule has 0 saturated heterocycles. The number of aromatic nitrogens is 4. The van der Waals surface area contributed by atoms with Gasteiger partial charge in [-0.05, 0) is 19.8 Å². The first-order valence-electron chi connectivity index (χ1n) is 6.88. The van der Waals surface area contributed by atoms with Crippen LogP contribution in [0.5, 0.6) is 0 Å². The van der Waals surface area contributed by atoms with Crippen LogP contribution >= 0.6 is 0 Å². The van der Waals surface area contributed by atoms with Gasteiger partial charge in [0.15, 0.2) is 0 Å². The Labute approximate surface area is 116 Å². The number of carbonyl (C=O) groups is 1. The van der Waals surface area contributed by atoms with Crippen molar-refractivity contribution in [3.8, 4) is 0 Å². The molecule has 1 amide bonds. The lowest BCUT2D eigenvalue weighted by molar-refractivity contribution is 0.0987. The second kappa shape index (κ2) is 5.44. The van der Waals surface area contributed by atoms with E-state index in [0.717, 1.165) is 12.8 Å². The third kappa shape index (κ3) is 2.71. The van der Waals surface area contributed by atoms with Gasteiger partial charge in [-0.15, -0.1) is 5.10 Å². The van der Waals surface area contributed by atoms with Gasteiger partial charge in [0.1, 0.15) is 6.33 Å². The van der Waals surface area contributed by atoms with E-state index in [0.29, 0.717) is 17.7 Å². The van der Waals surface area contributed by atoms with Crippen molar-refractivity contribution in [2.24, 2.45) is 0 Å². The Morgan fingerprint density at radius 3 is 2.90 bits per heavy atom. The normalized spacial score (nSPS) is 16.2. The van der Waals surface area contributed by atoms with Crippen LogP contribution in [0.2, 0.25) is 0 Å². The second-order valence-electron chi connectivity index (χ2n) is 5.13. The van der Waals surface area contributed by atoms with Crippen LogP contribution in [0.1, 0.15) is 54.4 Å². The van der Waals surface area contributed by atoms with Gasteiger partial charge in [0, 0.05) is 6.07 Å². The van der Waals surface area contributed by atoms with E-state index in [9.17, 15) is 4.79 Å². The Morgan fingerprint density at radius 2 is 2.20 bits per heavy atom. The zero-order valence-electron chi connectivity index (χ0n) is 11.4. The van der Waals surface area contributed by atoms with Crippen molar-refractivity contribution in [1.29, 1.82) is 0 Å². The number of aryl methyl sites for hydroxylation is 1. The predicted molar refractivity (Wildman–Crippen MR) is 71.3 cm³/mol. The Hall–Kier alpha value is -2.18. The molecule has 20 heavy (non-hydrogen) atoms. The Balaban J connectivity index is 1.66. The number of nitrogens with one attached hydrogen (secondary N) is 1. The Bertz CT molecular complexity index is 597. The number of hydrogen-bond acceptors (Lipinski definition) is 5. The molecular weight excluding hydrogens is 258 g/mol. The third-order valence-corrected chi connectivity index (χ3v) is 3.53. The van der Waals surface area contributed by atoms with Crippen molar-refractivity contribution in [3.05, 3.63) is 23.8 Å². The van der Waals surface area contributed by atoms with Crippen LogP contribution in [0.3, 0.4) is 0 Å². The number of rotatable bonds is 3. The molecule has 1 fully saturated rings. The highest BCUT2D eigenvalue weighted by Crippen LogP contribution is 2.27. The molecule has 106 valence electrons. The smallest absolute Gasteiger partial charge is 0.296 e. The van der Waals surface area contributed by atoms with Gasteiger partial charge in [-0.3, -0.25) is 10.1 Å². The van der Waals surface area contributed by atoms with Crippen LogP contribution in [0.4, 0.5) is 5.95 Å². The van der Waals surface area contributed by atoms with Gasteiger partial charge >= 0.3 is 0 Å². The molecule has 3 rings (SSSR count). The topological polar surface area (TPSA) is 85.8 Å². The molecule has 0 unspecified atom stereocenters. The summed E-state index contributed by atoms with van der Waals surface area (Å²) in [6, 6.07) is 1.97. The minimum atomic E-state index is -0.382. The van der Waals surface area contributed by atoms with Crippen molar-refractivity contribution in [3.63, 3.8) is 0 Å². The molecule has 7 nitrogen and oxygen atoms in total. The van der Waals surface area contributed by atoms with E-state index in [2.05, 4.69) is 20.6 Å². The molecule has 0 bridgehead atoms. The molecule has 1 saturated carbocycles. The van der Waals surface area contributed by atoms with Gasteiger partial charge in [0.05, 0.1) is 11.7 Å². The zero-order chi connectivity index (χ0) is 13.9. The van der Waals surface area contributed by atoms with Crippen LogP contribution in [0, 0.1) is 6.92 Å². The molecule has 2 aromatic heterocycles. The standard InChI is InChI=1S/C13H17N5O2/c1-9-7-11(20-17-9)12(19)15-13-14-8-18(16-13)10-5-3-2-4-6-10/h7-8,10H,2-6H2,1H3,(H,15,16,19). The lowest BCUT2D eigenvalue weighted by Gasteiger charge is -2.20. The van der Waals surface area contributed by atoms with Crippen LogP contribution < -0.4 is 5.32 Å². The highest BCUT2D eigenvalue weighted by molar-refractivity contribution is 6.01. The molecule has 7 heteroatoms. The predicted octanol–water partition coefficient (Wildman–Crippen LogP) is 2.33. The first-order valence-corrected chi connectivity index (χ1v) is 6.88. The van der Waals surface area contributed by atoms with E-state index in [-0.39, 0.29) is 11.7 Å². The number of hydrogen-bond donors (Lipinski definition) is 1. The first-order chi connectivity index (χ1) is 9.72.